The SMILES string of the molecule is O=C(NCCCCCCNc1ccnc2cc(Cl)ccc12)C(=O)N[C@@H]1C(=O)N(c2ccc(Cl)cc2)[C@@H]1/C=C/c1ccccc1. The van der Waals surface area contributed by atoms with Crippen molar-refractivity contribution >= 4 is 69.3 Å². The van der Waals surface area contributed by atoms with E-state index >= 15 is 0 Å². The first kappa shape index (κ1) is 31.0. The minimum absolute atomic E-state index is 0.298. The third kappa shape index (κ3) is 7.75. The van der Waals surface area contributed by atoms with Crippen LogP contribution in [-0.2, 0) is 14.4 Å². The number of nitrogens with one attached hydrogen (secondary N) is 3. The van der Waals surface area contributed by atoms with Crippen LogP contribution in [0.4, 0.5) is 11.4 Å². The molecule has 8 nitrogen and oxygen atoms in total. The highest BCUT2D eigenvalue weighted by atomic mass is 35.5. The first-order valence-electron chi connectivity index (χ1n) is 14.6. The molecule has 3 aromatic carbocycles. The number of pyridine rings is 1. The summed E-state index contributed by atoms with van der Waals surface area (Å²) in [5, 5.41) is 11.0. The van der Waals surface area contributed by atoms with E-state index in [-0.39, 0.29) is 5.91 Å². The van der Waals surface area contributed by atoms with Crippen LogP contribution in [0.25, 0.3) is 17.0 Å². The molecule has 3 N–H and O–H groups in total. The normalized spacial score (nSPS) is 16.1. The van der Waals surface area contributed by atoms with Gasteiger partial charge in [0, 0.05) is 46.1 Å². The van der Waals surface area contributed by atoms with Gasteiger partial charge in [0.15, 0.2) is 0 Å². The topological polar surface area (TPSA) is 103 Å². The first-order valence-corrected chi connectivity index (χ1v) is 15.3. The zero-order valence-electron chi connectivity index (χ0n) is 24.0. The van der Waals surface area contributed by atoms with Crippen molar-refractivity contribution in [3.05, 3.63) is 107 Å². The molecule has 0 saturated carbocycles. The monoisotopic (exact) mass is 629 g/mol. The summed E-state index contributed by atoms with van der Waals surface area (Å²) in [5.74, 6) is -1.87. The fourth-order valence-electron chi connectivity index (χ4n) is 5.12. The summed E-state index contributed by atoms with van der Waals surface area (Å²) in [7, 11) is 0. The van der Waals surface area contributed by atoms with Crippen LogP contribution in [0.1, 0.15) is 31.2 Å². The van der Waals surface area contributed by atoms with Crippen molar-refractivity contribution in [3.63, 3.8) is 0 Å². The molecule has 2 atom stereocenters. The second kappa shape index (κ2) is 14.9. The van der Waals surface area contributed by atoms with E-state index in [1.807, 2.05) is 66.7 Å². The van der Waals surface area contributed by atoms with E-state index in [1.165, 1.54) is 0 Å². The molecule has 10 heteroatoms. The molecule has 4 aromatic rings. The summed E-state index contributed by atoms with van der Waals surface area (Å²) in [6.45, 7) is 1.18. The molecule has 1 aliphatic heterocycles. The Morgan fingerprint density at radius 2 is 1.57 bits per heavy atom. The van der Waals surface area contributed by atoms with Crippen LogP contribution < -0.4 is 20.9 Å². The molecule has 0 aliphatic carbocycles. The minimum Gasteiger partial charge on any atom is -0.384 e. The zero-order valence-corrected chi connectivity index (χ0v) is 25.5. The van der Waals surface area contributed by atoms with Gasteiger partial charge < -0.3 is 20.9 Å². The lowest BCUT2D eigenvalue weighted by Gasteiger charge is -2.45. The number of hydrogen-bond donors (Lipinski definition) is 3. The van der Waals surface area contributed by atoms with Crippen molar-refractivity contribution < 1.29 is 14.4 Å². The molecule has 1 saturated heterocycles. The lowest BCUT2D eigenvalue weighted by Crippen LogP contribution is -2.71. The number of fused-ring (bicyclic) bond motifs is 1. The molecule has 44 heavy (non-hydrogen) atoms. The van der Waals surface area contributed by atoms with Crippen LogP contribution in [0.3, 0.4) is 0 Å². The number of hydrogen-bond acceptors (Lipinski definition) is 5. The maximum Gasteiger partial charge on any atom is 0.310 e. The maximum absolute atomic E-state index is 13.1. The molecule has 2 heterocycles. The largest absolute Gasteiger partial charge is 0.384 e. The van der Waals surface area contributed by atoms with E-state index < -0.39 is 23.9 Å². The van der Waals surface area contributed by atoms with Crippen LogP contribution in [0, 0.1) is 0 Å². The molecular weight excluding hydrogens is 597 g/mol. The number of unbranched alkanes of at least 4 members (excludes halogenated alkanes) is 3. The molecule has 3 amide bonds. The van der Waals surface area contributed by atoms with Crippen LogP contribution in [0.5, 0.6) is 0 Å². The zero-order chi connectivity index (χ0) is 30.9. The standard InChI is InChI=1S/C34H33Cl2N5O3/c35-24-11-14-26(15-12-24)41-30(17-10-23-8-4-3-5-9-23)31(34(41)44)40-33(43)32(42)39-20-7-2-1-6-19-37-28-18-21-38-29-22-25(36)13-16-27(28)29/h3-5,8-18,21-22,30-31H,1-2,6-7,19-20H2,(H,37,38)(H,39,42)(H,40,43)/b17-10+/t30-,31+/m1/s1. The molecule has 5 rings (SSSR count). The van der Waals surface area contributed by atoms with Crippen molar-refractivity contribution in [1.82, 2.24) is 15.6 Å². The van der Waals surface area contributed by atoms with Gasteiger partial charge in [-0.15, -0.1) is 0 Å². The second-order valence-electron chi connectivity index (χ2n) is 10.5. The number of carbonyl (C=O) groups excluding carboxylic acids is 3. The van der Waals surface area contributed by atoms with Crippen molar-refractivity contribution in [2.45, 2.75) is 37.8 Å². The highest BCUT2D eigenvalue weighted by molar-refractivity contribution is 6.36. The molecule has 0 bridgehead atoms. The Bertz CT molecular complexity index is 1650. The van der Waals surface area contributed by atoms with Crippen molar-refractivity contribution in [1.29, 1.82) is 0 Å². The Kier molecular flexibility index (Phi) is 10.5. The number of rotatable bonds is 12. The Balaban J connectivity index is 1.05. The summed E-state index contributed by atoms with van der Waals surface area (Å²) in [6.07, 6.45) is 9.08. The predicted molar refractivity (Wildman–Crippen MR) is 177 cm³/mol. The van der Waals surface area contributed by atoms with Gasteiger partial charge in [0.05, 0.1) is 11.6 Å². The van der Waals surface area contributed by atoms with Gasteiger partial charge in [-0.1, -0.05) is 78.5 Å². The molecule has 0 spiro atoms. The van der Waals surface area contributed by atoms with Gasteiger partial charge in [0.25, 0.3) is 5.91 Å². The minimum atomic E-state index is -0.856. The number of β-lactam (4-membered cyclic amide) rings is 1. The molecule has 0 unspecified atom stereocenters. The lowest BCUT2D eigenvalue weighted by molar-refractivity contribution is -0.141. The Labute approximate surface area is 266 Å². The maximum atomic E-state index is 13.1. The summed E-state index contributed by atoms with van der Waals surface area (Å²) in [6, 6.07) is 22.9. The van der Waals surface area contributed by atoms with Crippen LogP contribution in [0.2, 0.25) is 10.0 Å². The third-order valence-electron chi connectivity index (χ3n) is 7.44. The molecule has 226 valence electrons. The number of halogens is 2. The van der Waals surface area contributed by atoms with Gasteiger partial charge in [0.1, 0.15) is 6.04 Å². The first-order chi connectivity index (χ1) is 21.4. The number of anilines is 2. The van der Waals surface area contributed by atoms with Gasteiger partial charge in [-0.25, -0.2) is 0 Å². The highest BCUT2D eigenvalue weighted by Gasteiger charge is 2.48. The van der Waals surface area contributed by atoms with Gasteiger partial charge in [-0.2, -0.15) is 0 Å². The number of carbonyl (C=O) groups is 3. The molecule has 0 radical (unpaired) electrons. The average molecular weight is 631 g/mol. The van der Waals surface area contributed by atoms with Crippen LogP contribution in [-0.4, -0.2) is 47.9 Å². The molecular formula is C34H33Cl2N5O3. The average Bonchev–Trinajstić information content (AvgIpc) is 3.03. The Morgan fingerprint density at radius 1 is 0.841 bits per heavy atom. The van der Waals surface area contributed by atoms with Crippen molar-refractivity contribution in [3.8, 4) is 0 Å². The van der Waals surface area contributed by atoms with E-state index in [4.69, 9.17) is 23.2 Å². The van der Waals surface area contributed by atoms with Gasteiger partial charge in [-0.05, 0) is 66.9 Å². The molecule has 1 aliphatic rings. The van der Waals surface area contributed by atoms with Crippen molar-refractivity contribution in [2.75, 3.05) is 23.3 Å². The predicted octanol–water partition coefficient (Wildman–Crippen LogP) is 6.24. The van der Waals surface area contributed by atoms with E-state index in [9.17, 15) is 14.4 Å². The van der Waals surface area contributed by atoms with Crippen LogP contribution in [0.15, 0.2) is 91.1 Å². The van der Waals surface area contributed by atoms with Gasteiger partial charge in [0.2, 0.25) is 0 Å². The molecule has 1 aromatic heterocycles. The van der Waals surface area contributed by atoms with Crippen molar-refractivity contribution in [2.24, 2.45) is 0 Å². The van der Waals surface area contributed by atoms with E-state index in [1.54, 1.807) is 35.4 Å². The fourth-order valence-corrected chi connectivity index (χ4v) is 5.41. The summed E-state index contributed by atoms with van der Waals surface area (Å²) in [5.41, 5.74) is 3.48. The van der Waals surface area contributed by atoms with E-state index in [0.29, 0.717) is 22.3 Å². The number of amides is 3. The smallest absolute Gasteiger partial charge is 0.310 e. The summed E-state index contributed by atoms with van der Waals surface area (Å²) >= 11 is 12.1. The number of aromatic nitrogens is 1. The van der Waals surface area contributed by atoms with Gasteiger partial charge in [-0.3, -0.25) is 19.4 Å². The van der Waals surface area contributed by atoms with E-state index in [2.05, 4.69) is 20.9 Å². The van der Waals surface area contributed by atoms with E-state index in [0.717, 1.165) is 54.4 Å². The summed E-state index contributed by atoms with van der Waals surface area (Å²) in [4.78, 5) is 44.2. The quantitative estimate of drug-likeness (QED) is 0.0977. The molecule has 1 fully saturated rings. The Morgan fingerprint density at radius 3 is 2.34 bits per heavy atom. The van der Waals surface area contributed by atoms with Gasteiger partial charge >= 0.3 is 11.8 Å². The number of benzene rings is 3. The Hall–Kier alpha value is -4.40. The summed E-state index contributed by atoms with van der Waals surface area (Å²) < 4.78 is 0. The van der Waals surface area contributed by atoms with Crippen LogP contribution >= 0.6 is 23.2 Å². The number of nitrogens with zero attached hydrogens (tertiary/aromatic N) is 2. The third-order valence-corrected chi connectivity index (χ3v) is 7.92. The lowest BCUT2D eigenvalue weighted by atomic mass is 9.92. The second-order valence-corrected chi connectivity index (χ2v) is 11.4. The highest BCUT2D eigenvalue weighted by Crippen LogP contribution is 2.31. The fraction of sp³-hybridized carbons (Fsp3) is 0.235.